The van der Waals surface area contributed by atoms with Crippen LogP contribution < -0.4 is 10.6 Å². The summed E-state index contributed by atoms with van der Waals surface area (Å²) in [5.74, 6) is -1.98. The second-order valence-electron chi connectivity index (χ2n) is 15.9. The highest BCUT2D eigenvalue weighted by Gasteiger charge is 2.32. The lowest BCUT2D eigenvalue weighted by atomic mass is 9.81. The normalized spacial score (nSPS) is 14.0. The number of benzene rings is 2. The number of rotatable bonds is 16. The molecule has 10 nitrogen and oxygen atoms in total. The van der Waals surface area contributed by atoms with E-state index in [1.54, 1.807) is 41.5 Å². The quantitative estimate of drug-likeness (QED) is 0.141. The maximum atomic E-state index is 14.5. The molecule has 3 atom stereocenters. The highest BCUT2D eigenvalue weighted by Crippen LogP contribution is 2.30. The molecule has 1 heterocycles. The van der Waals surface area contributed by atoms with E-state index in [1.165, 1.54) is 0 Å². The highest BCUT2D eigenvalue weighted by molar-refractivity contribution is 5.85. The van der Waals surface area contributed by atoms with Crippen LogP contribution in [0.1, 0.15) is 93.1 Å². The van der Waals surface area contributed by atoms with Crippen molar-refractivity contribution in [1.29, 1.82) is 0 Å². The number of aromatic nitrogens is 1. The van der Waals surface area contributed by atoms with E-state index >= 15 is 0 Å². The van der Waals surface area contributed by atoms with E-state index in [9.17, 15) is 33.1 Å². The minimum absolute atomic E-state index is 0.0110. The molecule has 0 radical (unpaired) electrons. The standard InChI is InChI=1S/C39H53F2N3O7/c1-37(2,3)50-35(48)42-28(22-26-21-27(40)13-14-30(26)41)23-29(45)15-18-39(7,8)19-16-33(46)34(47)31(43-36(49)51-38(4,5)6)24-44-20-17-25-11-9-10-12-32(25)44/h9-14,17,20-21,28,31,34,47H,15-16,18-19,22-24H2,1-8H3,(H,42,48)(H,43,49). The number of para-hydroxylation sites is 1. The lowest BCUT2D eigenvalue weighted by molar-refractivity contribution is -0.129. The molecule has 3 N–H and O–H groups in total. The predicted octanol–water partition coefficient (Wildman–Crippen LogP) is 7.42. The first kappa shape index (κ1) is 41.1. The number of hydrogen-bond donors (Lipinski definition) is 3. The third kappa shape index (κ3) is 14.1. The monoisotopic (exact) mass is 713 g/mol. The molecule has 2 amide bonds. The summed E-state index contributed by atoms with van der Waals surface area (Å²) in [4.78, 5) is 51.8. The first-order valence-electron chi connectivity index (χ1n) is 17.3. The van der Waals surface area contributed by atoms with Gasteiger partial charge in [-0.25, -0.2) is 18.4 Å². The number of Topliss-reactive ketones (excluding diaryl/α,β-unsaturated/α-hetero) is 2. The fraction of sp³-hybridized carbons (Fsp3) is 0.538. The van der Waals surface area contributed by atoms with Crippen LogP contribution in [0.4, 0.5) is 18.4 Å². The van der Waals surface area contributed by atoms with Crippen LogP contribution in [0.3, 0.4) is 0 Å². The molecule has 2 aromatic carbocycles. The van der Waals surface area contributed by atoms with Gasteiger partial charge in [0, 0.05) is 43.6 Å². The number of hydrogen-bond acceptors (Lipinski definition) is 7. The van der Waals surface area contributed by atoms with Crippen molar-refractivity contribution in [2.75, 3.05) is 0 Å². The van der Waals surface area contributed by atoms with E-state index in [2.05, 4.69) is 10.6 Å². The lowest BCUT2D eigenvalue weighted by Gasteiger charge is -2.28. The Morgan fingerprint density at radius 1 is 0.824 bits per heavy atom. The summed E-state index contributed by atoms with van der Waals surface area (Å²) in [5.41, 5.74) is -1.19. The number of nitrogens with one attached hydrogen (secondary N) is 2. The van der Waals surface area contributed by atoms with Crippen molar-refractivity contribution in [2.45, 2.75) is 130 Å². The number of carbonyl (C=O) groups excluding carboxylic acids is 4. The number of aliphatic hydroxyl groups is 1. The van der Waals surface area contributed by atoms with E-state index in [4.69, 9.17) is 9.47 Å². The third-order valence-electron chi connectivity index (χ3n) is 8.28. The van der Waals surface area contributed by atoms with Crippen LogP contribution in [0.2, 0.25) is 0 Å². The number of amides is 2. The first-order chi connectivity index (χ1) is 23.6. The van der Waals surface area contributed by atoms with Gasteiger partial charge in [-0.3, -0.25) is 9.59 Å². The Morgan fingerprint density at radius 2 is 1.43 bits per heavy atom. The Labute approximate surface area is 299 Å². The largest absolute Gasteiger partial charge is 0.444 e. The minimum atomic E-state index is -1.53. The zero-order valence-electron chi connectivity index (χ0n) is 31.0. The Bertz CT molecular complexity index is 1670. The number of nitrogens with zero attached hydrogens (tertiary/aromatic N) is 1. The smallest absolute Gasteiger partial charge is 0.408 e. The zero-order chi connectivity index (χ0) is 38.1. The molecule has 0 fully saturated rings. The highest BCUT2D eigenvalue weighted by atomic mass is 19.1. The molecule has 51 heavy (non-hydrogen) atoms. The van der Waals surface area contributed by atoms with E-state index < -0.39 is 64.4 Å². The maximum absolute atomic E-state index is 14.5. The van der Waals surface area contributed by atoms with E-state index in [-0.39, 0.29) is 43.6 Å². The van der Waals surface area contributed by atoms with Gasteiger partial charge in [-0.05, 0) is 108 Å². The number of ether oxygens (including phenoxy) is 2. The van der Waals surface area contributed by atoms with Crippen molar-refractivity contribution >= 4 is 34.7 Å². The van der Waals surface area contributed by atoms with Crippen LogP contribution in [-0.2, 0) is 32.0 Å². The van der Waals surface area contributed by atoms with Gasteiger partial charge in [-0.1, -0.05) is 32.0 Å². The molecule has 0 aliphatic rings. The lowest BCUT2D eigenvalue weighted by Crippen LogP contribution is -2.50. The number of halogens is 2. The Hall–Kier alpha value is -4.32. The number of fused-ring (bicyclic) bond motifs is 1. The summed E-state index contributed by atoms with van der Waals surface area (Å²) in [7, 11) is 0. The summed E-state index contributed by atoms with van der Waals surface area (Å²) in [5, 5.41) is 17.5. The number of alkyl carbamates (subject to hydrolysis) is 2. The van der Waals surface area contributed by atoms with Gasteiger partial charge < -0.3 is 29.8 Å². The van der Waals surface area contributed by atoms with Crippen molar-refractivity contribution < 1.29 is 42.5 Å². The van der Waals surface area contributed by atoms with Crippen molar-refractivity contribution in [3.63, 3.8) is 0 Å². The Balaban J connectivity index is 1.63. The number of ketones is 2. The van der Waals surface area contributed by atoms with Crippen LogP contribution in [0, 0.1) is 17.0 Å². The molecule has 3 rings (SSSR count). The third-order valence-corrected chi connectivity index (χ3v) is 8.28. The van der Waals surface area contributed by atoms with Gasteiger partial charge in [0.25, 0.3) is 0 Å². The molecule has 0 saturated carbocycles. The van der Waals surface area contributed by atoms with Crippen LogP contribution in [0.25, 0.3) is 10.9 Å². The summed E-state index contributed by atoms with van der Waals surface area (Å²) in [6, 6.07) is 10.7. The van der Waals surface area contributed by atoms with Crippen LogP contribution in [-0.4, -0.2) is 62.8 Å². The van der Waals surface area contributed by atoms with Crippen LogP contribution in [0.5, 0.6) is 0 Å². The molecule has 0 saturated heterocycles. The van der Waals surface area contributed by atoms with Gasteiger partial charge in [-0.15, -0.1) is 0 Å². The van der Waals surface area contributed by atoms with Crippen molar-refractivity contribution in [3.05, 3.63) is 71.9 Å². The topological polar surface area (TPSA) is 136 Å². The van der Waals surface area contributed by atoms with E-state index in [0.717, 1.165) is 29.1 Å². The fourth-order valence-corrected chi connectivity index (χ4v) is 5.62. The van der Waals surface area contributed by atoms with Gasteiger partial charge in [-0.2, -0.15) is 0 Å². The molecule has 0 bridgehead atoms. The molecule has 3 unspecified atom stereocenters. The van der Waals surface area contributed by atoms with Gasteiger partial charge in [0.05, 0.1) is 6.04 Å². The van der Waals surface area contributed by atoms with E-state index in [1.807, 2.05) is 54.9 Å². The van der Waals surface area contributed by atoms with Gasteiger partial charge in [0.15, 0.2) is 5.78 Å². The minimum Gasteiger partial charge on any atom is -0.444 e. The molecule has 280 valence electrons. The van der Waals surface area contributed by atoms with Gasteiger partial charge in [0.1, 0.15) is 34.7 Å². The van der Waals surface area contributed by atoms with Crippen LogP contribution in [0.15, 0.2) is 54.7 Å². The van der Waals surface area contributed by atoms with Gasteiger partial charge >= 0.3 is 12.2 Å². The zero-order valence-corrected chi connectivity index (χ0v) is 31.0. The first-order valence-corrected chi connectivity index (χ1v) is 17.3. The molecule has 0 aliphatic heterocycles. The molecule has 1 aromatic heterocycles. The Morgan fingerprint density at radius 3 is 2.08 bits per heavy atom. The average Bonchev–Trinajstić information content (AvgIpc) is 3.41. The average molecular weight is 714 g/mol. The summed E-state index contributed by atoms with van der Waals surface area (Å²) in [6.07, 6.45) is -0.681. The van der Waals surface area contributed by atoms with Crippen LogP contribution >= 0.6 is 0 Å². The fourth-order valence-electron chi connectivity index (χ4n) is 5.62. The van der Waals surface area contributed by atoms with E-state index in [0.29, 0.717) is 12.8 Å². The molecular formula is C39H53F2N3O7. The number of carbonyl (C=O) groups is 4. The molecule has 12 heteroatoms. The van der Waals surface area contributed by atoms with Crippen molar-refractivity contribution in [1.82, 2.24) is 15.2 Å². The number of aliphatic hydroxyl groups excluding tert-OH is 1. The molecule has 0 spiro atoms. The van der Waals surface area contributed by atoms with Crippen molar-refractivity contribution in [3.8, 4) is 0 Å². The van der Waals surface area contributed by atoms with Gasteiger partial charge in [0.2, 0.25) is 0 Å². The maximum Gasteiger partial charge on any atom is 0.408 e. The Kier molecular flexibility index (Phi) is 13.9. The second-order valence-corrected chi connectivity index (χ2v) is 15.9. The second kappa shape index (κ2) is 17.3. The summed E-state index contributed by atoms with van der Waals surface area (Å²) in [6.45, 7) is 14.1. The molecular weight excluding hydrogens is 660 g/mol. The summed E-state index contributed by atoms with van der Waals surface area (Å²) >= 11 is 0. The SMILES string of the molecule is CC(C)(CCC(=O)CC(Cc1cc(F)ccc1F)NC(=O)OC(C)(C)C)CCC(=O)C(O)C(Cn1ccc2ccccc21)NC(=O)OC(C)(C)C. The predicted molar refractivity (Wildman–Crippen MR) is 191 cm³/mol. The molecule has 3 aromatic rings. The summed E-state index contributed by atoms with van der Waals surface area (Å²) < 4.78 is 40.9. The van der Waals surface area contributed by atoms with Crippen molar-refractivity contribution in [2.24, 2.45) is 5.41 Å². The molecule has 0 aliphatic carbocycles.